The lowest BCUT2D eigenvalue weighted by atomic mass is 10.2. The minimum absolute atomic E-state index is 0.0608. The van der Waals surface area contributed by atoms with E-state index < -0.39 is 11.7 Å². The lowest BCUT2D eigenvalue weighted by molar-refractivity contribution is 0.0600. The first-order valence-corrected chi connectivity index (χ1v) is 7.65. The van der Waals surface area contributed by atoms with Crippen LogP contribution in [0.2, 0.25) is 0 Å². The zero-order valence-electron chi connectivity index (χ0n) is 13.9. The van der Waals surface area contributed by atoms with E-state index in [0.717, 1.165) is 10.1 Å². The van der Waals surface area contributed by atoms with E-state index in [1.54, 1.807) is 6.07 Å². The van der Waals surface area contributed by atoms with Crippen molar-refractivity contribution in [3.8, 4) is 5.82 Å². The Balaban J connectivity index is 1.92. The third kappa shape index (κ3) is 3.57. The van der Waals surface area contributed by atoms with Gasteiger partial charge in [-0.05, 0) is 17.7 Å². The lowest BCUT2D eigenvalue weighted by Gasteiger charge is -2.16. The van der Waals surface area contributed by atoms with E-state index in [1.165, 1.54) is 30.7 Å². The van der Waals surface area contributed by atoms with Gasteiger partial charge >= 0.3 is 11.7 Å². The minimum Gasteiger partial charge on any atom is -0.465 e. The highest BCUT2D eigenvalue weighted by Gasteiger charge is 2.17. The Labute approximate surface area is 148 Å². The number of anilines is 1. The highest BCUT2D eigenvalue weighted by molar-refractivity contribution is 5.92. The van der Waals surface area contributed by atoms with E-state index >= 15 is 0 Å². The van der Waals surface area contributed by atoms with Crippen LogP contribution in [0.15, 0.2) is 59.8 Å². The number of benzene rings is 1. The number of carbonyl (C=O) groups excluding carboxylic acids is 1. The van der Waals surface area contributed by atoms with Crippen LogP contribution in [0.1, 0.15) is 15.9 Å². The van der Waals surface area contributed by atoms with Gasteiger partial charge in [0, 0.05) is 6.20 Å². The van der Waals surface area contributed by atoms with Gasteiger partial charge in [0.15, 0.2) is 5.82 Å². The van der Waals surface area contributed by atoms with Crippen molar-refractivity contribution in [2.24, 2.45) is 5.84 Å². The molecule has 0 saturated carbocycles. The summed E-state index contributed by atoms with van der Waals surface area (Å²) in [4.78, 5) is 36.3. The Hall–Kier alpha value is -3.59. The van der Waals surface area contributed by atoms with Gasteiger partial charge in [-0.2, -0.15) is 4.98 Å². The summed E-state index contributed by atoms with van der Waals surface area (Å²) in [5, 5.41) is 1.26. The third-order valence-corrected chi connectivity index (χ3v) is 3.56. The SMILES string of the molecule is COC(=O)c1cccnc1-n1cnc(N(N)Cc2ccccc2)nc1=O. The lowest BCUT2D eigenvalue weighted by Crippen LogP contribution is -2.35. The van der Waals surface area contributed by atoms with Gasteiger partial charge in [-0.15, -0.1) is 0 Å². The van der Waals surface area contributed by atoms with Crippen molar-refractivity contribution in [1.29, 1.82) is 0 Å². The third-order valence-electron chi connectivity index (χ3n) is 3.56. The molecular weight excluding hydrogens is 336 g/mol. The second-order valence-corrected chi connectivity index (χ2v) is 5.29. The fourth-order valence-corrected chi connectivity index (χ4v) is 2.32. The second kappa shape index (κ2) is 7.53. The number of carbonyl (C=O) groups is 1. The molecule has 2 heterocycles. The number of aromatic nitrogens is 4. The summed E-state index contributed by atoms with van der Waals surface area (Å²) in [5.74, 6) is 5.48. The predicted octanol–water partition coefficient (Wildman–Crippen LogP) is 0.689. The molecule has 0 aliphatic carbocycles. The summed E-state index contributed by atoms with van der Waals surface area (Å²) in [6, 6.07) is 12.5. The number of hydrogen-bond donors (Lipinski definition) is 1. The van der Waals surface area contributed by atoms with E-state index in [2.05, 4.69) is 15.0 Å². The molecule has 1 aromatic carbocycles. The molecular formula is C17H16N6O3. The van der Waals surface area contributed by atoms with Crippen molar-refractivity contribution in [3.63, 3.8) is 0 Å². The molecule has 0 atom stereocenters. The molecule has 2 aromatic heterocycles. The van der Waals surface area contributed by atoms with Crippen LogP contribution in [0, 0.1) is 0 Å². The highest BCUT2D eigenvalue weighted by atomic mass is 16.5. The molecule has 9 nitrogen and oxygen atoms in total. The molecule has 0 fully saturated rings. The fraction of sp³-hybridized carbons (Fsp3) is 0.118. The number of rotatable bonds is 5. The molecule has 0 unspecified atom stereocenters. The number of methoxy groups -OCH3 is 1. The summed E-state index contributed by atoms with van der Waals surface area (Å²) in [5.41, 5.74) is 0.408. The Morgan fingerprint density at radius 3 is 2.65 bits per heavy atom. The molecule has 0 aliphatic heterocycles. The van der Waals surface area contributed by atoms with Crippen LogP contribution in [-0.2, 0) is 11.3 Å². The summed E-state index contributed by atoms with van der Waals surface area (Å²) in [6.07, 6.45) is 2.68. The van der Waals surface area contributed by atoms with Crippen LogP contribution in [-0.4, -0.2) is 32.6 Å². The number of pyridine rings is 1. The maximum absolute atomic E-state index is 12.4. The van der Waals surface area contributed by atoms with Crippen molar-refractivity contribution >= 4 is 11.9 Å². The van der Waals surface area contributed by atoms with Crippen LogP contribution >= 0.6 is 0 Å². The van der Waals surface area contributed by atoms with E-state index in [9.17, 15) is 9.59 Å². The molecule has 3 rings (SSSR count). The van der Waals surface area contributed by atoms with Crippen LogP contribution in [0.5, 0.6) is 0 Å². The molecule has 0 aliphatic rings. The smallest absolute Gasteiger partial charge is 0.357 e. The average molecular weight is 352 g/mol. The topological polar surface area (TPSA) is 116 Å². The standard InChI is InChI=1S/C17H16N6O3/c1-26-15(24)13-8-5-9-19-14(13)22-11-20-16(21-17(22)25)23(18)10-12-6-3-2-4-7-12/h2-9,11H,10,18H2,1H3. The highest BCUT2D eigenvalue weighted by Crippen LogP contribution is 2.11. The molecule has 0 radical (unpaired) electrons. The van der Waals surface area contributed by atoms with Gasteiger partial charge in [0.25, 0.3) is 0 Å². The molecule has 132 valence electrons. The van der Waals surface area contributed by atoms with E-state index in [0.29, 0.717) is 6.54 Å². The molecule has 0 spiro atoms. The predicted molar refractivity (Wildman–Crippen MR) is 93.6 cm³/mol. The Bertz CT molecular complexity index is 973. The largest absolute Gasteiger partial charge is 0.465 e. The average Bonchev–Trinajstić information content (AvgIpc) is 2.68. The number of esters is 1. The van der Waals surface area contributed by atoms with Gasteiger partial charge in [0.2, 0.25) is 5.95 Å². The fourth-order valence-electron chi connectivity index (χ4n) is 2.32. The van der Waals surface area contributed by atoms with Gasteiger partial charge in [0.05, 0.1) is 13.7 Å². The second-order valence-electron chi connectivity index (χ2n) is 5.29. The van der Waals surface area contributed by atoms with Crippen LogP contribution in [0.4, 0.5) is 5.95 Å². The number of nitrogens with two attached hydrogens (primary N) is 1. The zero-order valence-corrected chi connectivity index (χ0v) is 13.9. The quantitative estimate of drug-likeness (QED) is 0.405. The molecule has 0 amide bonds. The Kier molecular flexibility index (Phi) is 4.99. The monoisotopic (exact) mass is 352 g/mol. The molecule has 3 aromatic rings. The van der Waals surface area contributed by atoms with Crippen molar-refractivity contribution in [2.45, 2.75) is 6.54 Å². The summed E-state index contributed by atoms with van der Waals surface area (Å²) in [6.45, 7) is 0.335. The van der Waals surface area contributed by atoms with Crippen LogP contribution in [0.25, 0.3) is 5.82 Å². The first-order valence-electron chi connectivity index (χ1n) is 7.65. The normalized spacial score (nSPS) is 10.4. The van der Waals surface area contributed by atoms with Gasteiger partial charge in [-0.1, -0.05) is 30.3 Å². The number of hydrazine groups is 1. The Morgan fingerprint density at radius 1 is 1.19 bits per heavy atom. The van der Waals surface area contributed by atoms with E-state index in [4.69, 9.17) is 10.6 Å². The van der Waals surface area contributed by atoms with Gasteiger partial charge in [-0.3, -0.25) is 5.01 Å². The van der Waals surface area contributed by atoms with E-state index in [-0.39, 0.29) is 17.3 Å². The van der Waals surface area contributed by atoms with Gasteiger partial charge < -0.3 is 4.74 Å². The molecule has 9 heteroatoms. The van der Waals surface area contributed by atoms with Gasteiger partial charge in [0.1, 0.15) is 11.9 Å². The van der Waals surface area contributed by atoms with Crippen molar-refractivity contribution in [2.75, 3.05) is 12.1 Å². The molecule has 0 bridgehead atoms. The first kappa shape index (κ1) is 17.2. The number of hydrogen-bond acceptors (Lipinski definition) is 8. The maximum Gasteiger partial charge on any atom is 0.357 e. The van der Waals surface area contributed by atoms with E-state index in [1.807, 2.05) is 30.3 Å². The van der Waals surface area contributed by atoms with Crippen LogP contribution < -0.4 is 16.5 Å². The number of ether oxygens (including phenoxy) is 1. The minimum atomic E-state index is -0.664. The molecule has 26 heavy (non-hydrogen) atoms. The zero-order chi connectivity index (χ0) is 18.5. The molecule has 2 N–H and O–H groups in total. The van der Waals surface area contributed by atoms with Crippen molar-refractivity contribution in [3.05, 3.63) is 76.6 Å². The van der Waals surface area contributed by atoms with Crippen molar-refractivity contribution in [1.82, 2.24) is 19.5 Å². The van der Waals surface area contributed by atoms with Crippen LogP contribution in [0.3, 0.4) is 0 Å². The van der Waals surface area contributed by atoms with Crippen molar-refractivity contribution < 1.29 is 9.53 Å². The number of nitrogens with zero attached hydrogens (tertiary/aromatic N) is 5. The van der Waals surface area contributed by atoms with Gasteiger partial charge in [-0.25, -0.2) is 30.0 Å². The molecule has 0 saturated heterocycles. The summed E-state index contributed by atoms with van der Waals surface area (Å²) >= 11 is 0. The summed E-state index contributed by atoms with van der Waals surface area (Å²) < 4.78 is 5.76. The maximum atomic E-state index is 12.4. The Morgan fingerprint density at radius 2 is 1.96 bits per heavy atom. The first-order chi connectivity index (χ1) is 12.6. The summed E-state index contributed by atoms with van der Waals surface area (Å²) in [7, 11) is 1.25.